The SMILES string of the molecule is CNc1nc(Cc2ccccn2)nc(-n2ccnc2)n1. The molecule has 0 amide bonds. The van der Waals surface area contributed by atoms with E-state index in [0.717, 1.165) is 5.69 Å². The molecule has 0 aliphatic heterocycles. The summed E-state index contributed by atoms with van der Waals surface area (Å²) in [5.41, 5.74) is 0.914. The van der Waals surface area contributed by atoms with E-state index < -0.39 is 0 Å². The highest BCUT2D eigenvalue weighted by Crippen LogP contribution is 2.08. The summed E-state index contributed by atoms with van der Waals surface area (Å²) in [5.74, 6) is 1.72. The molecule has 1 N–H and O–H groups in total. The molecule has 0 unspecified atom stereocenters. The first-order valence-corrected chi connectivity index (χ1v) is 6.16. The van der Waals surface area contributed by atoms with Gasteiger partial charge in [0.15, 0.2) is 0 Å². The lowest BCUT2D eigenvalue weighted by molar-refractivity contribution is 0.838. The van der Waals surface area contributed by atoms with E-state index in [-0.39, 0.29) is 0 Å². The van der Waals surface area contributed by atoms with Crippen LogP contribution in [0.4, 0.5) is 5.95 Å². The Balaban J connectivity index is 1.96. The van der Waals surface area contributed by atoms with Crippen molar-refractivity contribution in [3.63, 3.8) is 0 Å². The zero-order chi connectivity index (χ0) is 13.8. The number of pyridine rings is 1. The fourth-order valence-corrected chi connectivity index (χ4v) is 1.76. The van der Waals surface area contributed by atoms with Crippen LogP contribution < -0.4 is 5.32 Å². The second kappa shape index (κ2) is 5.43. The van der Waals surface area contributed by atoms with Crippen LogP contribution in [0.15, 0.2) is 43.1 Å². The zero-order valence-corrected chi connectivity index (χ0v) is 10.9. The van der Waals surface area contributed by atoms with Gasteiger partial charge in [0.25, 0.3) is 0 Å². The topological polar surface area (TPSA) is 81.4 Å². The molecule has 0 spiro atoms. The Bertz CT molecular complexity index is 679. The van der Waals surface area contributed by atoms with Gasteiger partial charge in [-0.2, -0.15) is 15.0 Å². The van der Waals surface area contributed by atoms with E-state index in [9.17, 15) is 0 Å². The molecule has 0 fully saturated rings. The van der Waals surface area contributed by atoms with Crippen molar-refractivity contribution in [2.24, 2.45) is 0 Å². The summed E-state index contributed by atoms with van der Waals surface area (Å²) in [7, 11) is 1.78. The predicted octanol–water partition coefficient (Wildman–Crippen LogP) is 1.08. The minimum atomic E-state index is 0.523. The minimum Gasteiger partial charge on any atom is -0.357 e. The molecule has 7 nitrogen and oxygen atoms in total. The van der Waals surface area contributed by atoms with Crippen molar-refractivity contribution in [2.45, 2.75) is 6.42 Å². The fraction of sp³-hybridized carbons (Fsp3) is 0.154. The number of aromatic nitrogens is 6. The third-order valence-corrected chi connectivity index (χ3v) is 2.69. The first-order valence-electron chi connectivity index (χ1n) is 6.16. The van der Waals surface area contributed by atoms with Crippen LogP contribution >= 0.6 is 0 Å². The first-order chi connectivity index (χ1) is 9.85. The maximum atomic E-state index is 4.44. The highest BCUT2D eigenvalue weighted by atomic mass is 15.2. The van der Waals surface area contributed by atoms with Gasteiger partial charge < -0.3 is 5.32 Å². The Morgan fingerprint density at radius 1 is 1.15 bits per heavy atom. The van der Waals surface area contributed by atoms with Crippen molar-refractivity contribution < 1.29 is 0 Å². The van der Waals surface area contributed by atoms with Gasteiger partial charge in [-0.3, -0.25) is 9.55 Å². The van der Waals surface area contributed by atoms with Gasteiger partial charge in [-0.05, 0) is 12.1 Å². The van der Waals surface area contributed by atoms with E-state index in [1.807, 2.05) is 18.2 Å². The zero-order valence-electron chi connectivity index (χ0n) is 10.9. The average Bonchev–Trinajstić information content (AvgIpc) is 3.02. The van der Waals surface area contributed by atoms with Crippen molar-refractivity contribution in [3.8, 4) is 5.95 Å². The maximum Gasteiger partial charge on any atom is 0.239 e. The van der Waals surface area contributed by atoms with Crippen molar-refractivity contribution in [1.29, 1.82) is 0 Å². The summed E-state index contributed by atoms with van der Waals surface area (Å²) < 4.78 is 1.74. The van der Waals surface area contributed by atoms with Crippen LogP contribution in [0.1, 0.15) is 11.5 Å². The molecule has 0 bridgehead atoms. The lowest BCUT2D eigenvalue weighted by Gasteiger charge is -2.06. The molecule has 0 atom stereocenters. The van der Waals surface area contributed by atoms with E-state index in [1.54, 1.807) is 36.5 Å². The van der Waals surface area contributed by atoms with Gasteiger partial charge in [0.2, 0.25) is 11.9 Å². The molecule has 0 radical (unpaired) electrons. The molecule has 100 valence electrons. The monoisotopic (exact) mass is 267 g/mol. The quantitative estimate of drug-likeness (QED) is 0.762. The van der Waals surface area contributed by atoms with Crippen LogP contribution in [-0.4, -0.2) is 36.5 Å². The molecule has 20 heavy (non-hydrogen) atoms. The van der Waals surface area contributed by atoms with Gasteiger partial charge in [0.05, 0.1) is 6.42 Å². The lowest BCUT2D eigenvalue weighted by atomic mass is 10.2. The summed E-state index contributed by atoms with van der Waals surface area (Å²) >= 11 is 0. The second-order valence-electron chi connectivity index (χ2n) is 4.09. The Labute approximate surface area is 115 Å². The van der Waals surface area contributed by atoms with Crippen LogP contribution in [0.2, 0.25) is 0 Å². The molecule has 3 aromatic rings. The molecule has 7 heteroatoms. The highest BCUT2D eigenvalue weighted by Gasteiger charge is 2.08. The maximum absolute atomic E-state index is 4.44. The molecule has 0 aliphatic carbocycles. The van der Waals surface area contributed by atoms with Crippen LogP contribution in [0.5, 0.6) is 0 Å². The second-order valence-corrected chi connectivity index (χ2v) is 4.09. The van der Waals surface area contributed by atoms with Crippen molar-refractivity contribution in [2.75, 3.05) is 12.4 Å². The number of anilines is 1. The molecule has 0 saturated heterocycles. The Morgan fingerprint density at radius 2 is 2.10 bits per heavy atom. The Morgan fingerprint density at radius 3 is 2.80 bits per heavy atom. The summed E-state index contributed by atoms with van der Waals surface area (Å²) in [4.78, 5) is 21.4. The predicted molar refractivity (Wildman–Crippen MR) is 73.5 cm³/mol. The Kier molecular flexibility index (Phi) is 3.32. The normalized spacial score (nSPS) is 10.4. The van der Waals surface area contributed by atoms with Gasteiger partial charge in [-0.15, -0.1) is 0 Å². The first kappa shape index (κ1) is 12.2. The van der Waals surface area contributed by atoms with Crippen LogP contribution in [0.25, 0.3) is 5.95 Å². The van der Waals surface area contributed by atoms with Gasteiger partial charge in [0, 0.05) is 31.3 Å². The summed E-state index contributed by atoms with van der Waals surface area (Å²) in [6.07, 6.45) is 7.44. The molecule has 3 heterocycles. The van der Waals surface area contributed by atoms with Gasteiger partial charge in [-0.1, -0.05) is 6.07 Å². The van der Waals surface area contributed by atoms with Crippen LogP contribution in [-0.2, 0) is 6.42 Å². The summed E-state index contributed by atoms with van der Waals surface area (Å²) in [6.45, 7) is 0. The van der Waals surface area contributed by atoms with Gasteiger partial charge in [0.1, 0.15) is 12.2 Å². The molecule has 3 rings (SSSR count). The number of rotatable bonds is 4. The van der Waals surface area contributed by atoms with Crippen molar-refractivity contribution in [1.82, 2.24) is 29.5 Å². The number of nitrogens with one attached hydrogen (secondary N) is 1. The third-order valence-electron chi connectivity index (χ3n) is 2.69. The number of imidazole rings is 1. The molecule has 3 aromatic heterocycles. The highest BCUT2D eigenvalue weighted by molar-refractivity contribution is 5.28. The fourth-order valence-electron chi connectivity index (χ4n) is 1.76. The lowest BCUT2D eigenvalue weighted by Crippen LogP contribution is -2.09. The Hall–Kier alpha value is -2.83. The van der Waals surface area contributed by atoms with Gasteiger partial charge >= 0.3 is 0 Å². The van der Waals surface area contributed by atoms with E-state index in [1.165, 1.54) is 0 Å². The van der Waals surface area contributed by atoms with E-state index in [2.05, 4.69) is 30.2 Å². The molecule has 0 aliphatic rings. The third kappa shape index (κ3) is 2.61. The molecule has 0 aromatic carbocycles. The van der Waals surface area contributed by atoms with E-state index in [4.69, 9.17) is 0 Å². The smallest absolute Gasteiger partial charge is 0.239 e. The molecule has 0 saturated carbocycles. The number of hydrogen-bond donors (Lipinski definition) is 1. The average molecular weight is 267 g/mol. The van der Waals surface area contributed by atoms with Gasteiger partial charge in [-0.25, -0.2) is 4.98 Å². The van der Waals surface area contributed by atoms with Crippen LogP contribution in [0.3, 0.4) is 0 Å². The number of nitrogens with zero attached hydrogens (tertiary/aromatic N) is 6. The molecular formula is C13H13N7. The van der Waals surface area contributed by atoms with Crippen molar-refractivity contribution in [3.05, 3.63) is 54.6 Å². The van der Waals surface area contributed by atoms with E-state index in [0.29, 0.717) is 24.1 Å². The minimum absolute atomic E-state index is 0.523. The van der Waals surface area contributed by atoms with Crippen molar-refractivity contribution >= 4 is 5.95 Å². The standard InChI is InChI=1S/C13H13N7/c1-14-12-17-11(8-10-4-2-3-5-16-10)18-13(19-12)20-7-6-15-9-20/h2-7,9H,8H2,1H3,(H,14,17,18,19). The van der Waals surface area contributed by atoms with E-state index >= 15 is 0 Å². The van der Waals surface area contributed by atoms with Crippen LogP contribution in [0, 0.1) is 0 Å². The largest absolute Gasteiger partial charge is 0.357 e. The summed E-state index contributed by atoms with van der Waals surface area (Å²) in [5, 5.41) is 2.94. The number of hydrogen-bond acceptors (Lipinski definition) is 6. The summed E-state index contributed by atoms with van der Waals surface area (Å²) in [6, 6.07) is 5.77. The molecular weight excluding hydrogens is 254 g/mol.